The van der Waals surface area contributed by atoms with Gasteiger partial charge in [-0.2, -0.15) is 0 Å². The first-order valence-electron chi connectivity index (χ1n) is 8.74. The lowest BCUT2D eigenvalue weighted by atomic mass is 10.0. The van der Waals surface area contributed by atoms with Crippen LogP contribution in [0.15, 0.2) is 65.1 Å². The average molecular weight is 365 g/mol. The van der Waals surface area contributed by atoms with Crippen LogP contribution in [0.4, 0.5) is 8.78 Å². The first-order valence-corrected chi connectivity index (χ1v) is 8.74. The van der Waals surface area contributed by atoms with Crippen molar-refractivity contribution in [2.75, 3.05) is 6.61 Å². The van der Waals surface area contributed by atoms with Crippen molar-refractivity contribution in [1.29, 1.82) is 0 Å². The molecular weight excluding hydrogens is 348 g/mol. The van der Waals surface area contributed by atoms with Gasteiger partial charge in [0.15, 0.2) is 5.58 Å². The predicted octanol–water partition coefficient (Wildman–Crippen LogP) is 6.23. The molecule has 0 aliphatic rings. The summed E-state index contributed by atoms with van der Waals surface area (Å²) in [7, 11) is 0. The number of nitrogens with zero attached hydrogens (tertiary/aromatic N) is 1. The summed E-state index contributed by atoms with van der Waals surface area (Å²) < 4.78 is 40.1. The maximum Gasteiger partial charge on any atom is 0.230 e. The summed E-state index contributed by atoms with van der Waals surface area (Å²) >= 11 is 0. The second-order valence-electron chi connectivity index (χ2n) is 6.17. The van der Waals surface area contributed by atoms with Crippen molar-refractivity contribution < 1.29 is 17.9 Å². The molecule has 0 spiro atoms. The van der Waals surface area contributed by atoms with Gasteiger partial charge >= 0.3 is 0 Å². The highest BCUT2D eigenvalue weighted by Crippen LogP contribution is 2.31. The first-order chi connectivity index (χ1) is 13.2. The largest absolute Gasteiger partial charge is 0.494 e. The van der Waals surface area contributed by atoms with Gasteiger partial charge in [0.05, 0.1) is 12.2 Å². The van der Waals surface area contributed by atoms with Gasteiger partial charge in [0.2, 0.25) is 5.89 Å². The Morgan fingerprint density at radius 1 is 0.926 bits per heavy atom. The normalized spacial score (nSPS) is 11.1. The SMILES string of the molecule is CCCOc1ccc(-c2ccc(-c3nc4ccccc4o3)c(F)c2)c(F)c1. The number of oxazole rings is 1. The lowest BCUT2D eigenvalue weighted by molar-refractivity contribution is 0.316. The van der Waals surface area contributed by atoms with Crippen molar-refractivity contribution in [3.8, 4) is 28.3 Å². The molecule has 4 rings (SSSR count). The molecule has 0 bridgehead atoms. The molecule has 5 heteroatoms. The van der Waals surface area contributed by atoms with Crippen LogP contribution in [0.25, 0.3) is 33.7 Å². The van der Waals surface area contributed by atoms with E-state index in [4.69, 9.17) is 9.15 Å². The van der Waals surface area contributed by atoms with Gasteiger partial charge in [-0.05, 0) is 48.4 Å². The second-order valence-corrected chi connectivity index (χ2v) is 6.17. The molecule has 0 atom stereocenters. The standard InChI is InChI=1S/C22H17F2NO2/c1-2-11-26-15-8-10-16(19(24)13-15)14-7-9-17(18(23)12-14)22-25-20-5-3-4-6-21(20)27-22/h3-10,12-13H,2,11H2,1H3. The molecule has 1 aromatic heterocycles. The monoisotopic (exact) mass is 365 g/mol. The lowest BCUT2D eigenvalue weighted by Gasteiger charge is -2.09. The van der Waals surface area contributed by atoms with Gasteiger partial charge in [0.1, 0.15) is 22.9 Å². The number of hydrogen-bond acceptors (Lipinski definition) is 3. The minimum absolute atomic E-state index is 0.198. The van der Waals surface area contributed by atoms with Crippen LogP contribution in [-0.4, -0.2) is 11.6 Å². The summed E-state index contributed by atoms with van der Waals surface area (Å²) in [6.07, 6.45) is 0.839. The summed E-state index contributed by atoms with van der Waals surface area (Å²) in [5.74, 6) is -0.326. The molecule has 0 amide bonds. The first kappa shape index (κ1) is 17.2. The Morgan fingerprint density at radius 3 is 2.44 bits per heavy atom. The van der Waals surface area contributed by atoms with Crippen molar-refractivity contribution in [2.24, 2.45) is 0 Å². The third-order valence-electron chi connectivity index (χ3n) is 4.22. The molecule has 0 aliphatic heterocycles. The molecular formula is C22H17F2NO2. The smallest absolute Gasteiger partial charge is 0.230 e. The van der Waals surface area contributed by atoms with Crippen LogP contribution in [0.2, 0.25) is 0 Å². The van der Waals surface area contributed by atoms with Crippen LogP contribution in [0.3, 0.4) is 0 Å². The maximum absolute atomic E-state index is 14.7. The number of rotatable bonds is 5. The second kappa shape index (κ2) is 7.19. The molecule has 0 radical (unpaired) electrons. The van der Waals surface area contributed by atoms with E-state index in [1.54, 1.807) is 36.4 Å². The van der Waals surface area contributed by atoms with Crippen molar-refractivity contribution in [3.63, 3.8) is 0 Å². The third kappa shape index (κ3) is 3.40. The summed E-state index contributed by atoms with van der Waals surface area (Å²) in [4.78, 5) is 4.31. The predicted molar refractivity (Wildman–Crippen MR) is 101 cm³/mol. The minimum Gasteiger partial charge on any atom is -0.494 e. The van der Waals surface area contributed by atoms with Gasteiger partial charge in [0, 0.05) is 11.6 Å². The van der Waals surface area contributed by atoms with E-state index in [0.29, 0.717) is 34.6 Å². The molecule has 3 aromatic carbocycles. The summed E-state index contributed by atoms with van der Waals surface area (Å²) in [6.45, 7) is 2.50. The Hall–Kier alpha value is -3.21. The summed E-state index contributed by atoms with van der Waals surface area (Å²) in [5, 5.41) is 0. The number of halogens is 2. The number of fused-ring (bicyclic) bond motifs is 1. The van der Waals surface area contributed by atoms with Crippen molar-refractivity contribution in [1.82, 2.24) is 4.98 Å². The van der Waals surface area contributed by atoms with E-state index in [2.05, 4.69) is 4.98 Å². The molecule has 0 saturated carbocycles. The van der Waals surface area contributed by atoms with Gasteiger partial charge in [-0.25, -0.2) is 13.8 Å². The minimum atomic E-state index is -0.523. The molecule has 3 nitrogen and oxygen atoms in total. The molecule has 4 aromatic rings. The highest BCUT2D eigenvalue weighted by molar-refractivity contribution is 5.77. The van der Waals surface area contributed by atoms with E-state index in [1.165, 1.54) is 12.1 Å². The molecule has 0 aliphatic carbocycles. The van der Waals surface area contributed by atoms with Crippen LogP contribution >= 0.6 is 0 Å². The van der Waals surface area contributed by atoms with Crippen LogP contribution < -0.4 is 4.74 Å². The fourth-order valence-corrected chi connectivity index (χ4v) is 2.88. The fraction of sp³-hybridized carbons (Fsp3) is 0.136. The lowest BCUT2D eigenvalue weighted by Crippen LogP contribution is -1.96. The maximum atomic E-state index is 14.7. The molecule has 0 N–H and O–H groups in total. The van der Waals surface area contributed by atoms with E-state index in [0.717, 1.165) is 6.42 Å². The van der Waals surface area contributed by atoms with Crippen molar-refractivity contribution in [3.05, 3.63) is 72.3 Å². The number of para-hydroxylation sites is 2. The van der Waals surface area contributed by atoms with Gasteiger partial charge < -0.3 is 9.15 Å². The zero-order valence-corrected chi connectivity index (χ0v) is 14.7. The van der Waals surface area contributed by atoms with Crippen LogP contribution in [0.1, 0.15) is 13.3 Å². The number of ether oxygens (including phenoxy) is 1. The van der Waals surface area contributed by atoms with Crippen molar-refractivity contribution in [2.45, 2.75) is 13.3 Å². The van der Waals surface area contributed by atoms with Gasteiger partial charge in [-0.15, -0.1) is 0 Å². The number of hydrogen-bond donors (Lipinski definition) is 0. The molecule has 1 heterocycles. The molecule has 0 saturated heterocycles. The molecule has 136 valence electrons. The molecule has 0 unspecified atom stereocenters. The van der Waals surface area contributed by atoms with Crippen molar-refractivity contribution >= 4 is 11.1 Å². The zero-order chi connectivity index (χ0) is 18.8. The van der Waals surface area contributed by atoms with Gasteiger partial charge in [0.25, 0.3) is 0 Å². The van der Waals surface area contributed by atoms with Crippen LogP contribution in [0, 0.1) is 11.6 Å². The van der Waals surface area contributed by atoms with Crippen LogP contribution in [0.5, 0.6) is 5.75 Å². The number of benzene rings is 3. The van der Waals surface area contributed by atoms with Crippen LogP contribution in [-0.2, 0) is 0 Å². The Balaban J connectivity index is 1.67. The topological polar surface area (TPSA) is 35.3 Å². The molecule has 0 fully saturated rings. The Kier molecular flexibility index (Phi) is 4.59. The Morgan fingerprint density at radius 2 is 1.70 bits per heavy atom. The van der Waals surface area contributed by atoms with E-state index >= 15 is 0 Å². The quantitative estimate of drug-likeness (QED) is 0.421. The van der Waals surface area contributed by atoms with E-state index in [9.17, 15) is 8.78 Å². The highest BCUT2D eigenvalue weighted by Gasteiger charge is 2.15. The van der Waals surface area contributed by atoms with Gasteiger partial charge in [-0.1, -0.05) is 25.1 Å². The fourth-order valence-electron chi connectivity index (χ4n) is 2.88. The third-order valence-corrected chi connectivity index (χ3v) is 4.22. The average Bonchev–Trinajstić information content (AvgIpc) is 3.10. The molecule has 27 heavy (non-hydrogen) atoms. The summed E-state index contributed by atoms with van der Waals surface area (Å²) in [6, 6.07) is 16.3. The van der Waals surface area contributed by atoms with E-state index in [-0.39, 0.29) is 11.5 Å². The summed E-state index contributed by atoms with van der Waals surface area (Å²) in [5.41, 5.74) is 2.22. The zero-order valence-electron chi connectivity index (χ0n) is 14.7. The Bertz CT molecular complexity index is 1070. The van der Waals surface area contributed by atoms with Gasteiger partial charge in [-0.3, -0.25) is 0 Å². The van der Waals surface area contributed by atoms with E-state index < -0.39 is 11.6 Å². The Labute approximate surface area is 155 Å². The van der Waals surface area contributed by atoms with E-state index in [1.807, 2.05) is 19.1 Å². The number of aromatic nitrogens is 1. The highest BCUT2D eigenvalue weighted by atomic mass is 19.1.